The molecule has 26 heavy (non-hydrogen) atoms. The molecule has 2 aromatic rings. The molecule has 2 aromatic carbocycles. The predicted molar refractivity (Wildman–Crippen MR) is 100.0 cm³/mol. The molecule has 9 heteroatoms. The van der Waals surface area contributed by atoms with E-state index in [0.29, 0.717) is 10.8 Å². The maximum Gasteiger partial charge on any atom is 0.255 e. The second kappa shape index (κ2) is 8.79. The topological polar surface area (TPSA) is 88.1 Å². The summed E-state index contributed by atoms with van der Waals surface area (Å²) in [7, 11) is -0.926. The summed E-state index contributed by atoms with van der Waals surface area (Å²) in [5.74, 6) is 0.0956. The van der Waals surface area contributed by atoms with Crippen molar-refractivity contribution in [3.63, 3.8) is 0 Å². The quantitative estimate of drug-likeness (QED) is 0.574. The number of amides is 1. The molecule has 7 nitrogen and oxygen atoms in total. The Bertz CT molecular complexity index is 898. The van der Waals surface area contributed by atoms with E-state index in [9.17, 15) is 13.2 Å². The Kier molecular flexibility index (Phi) is 6.73. The van der Waals surface area contributed by atoms with E-state index in [1.54, 1.807) is 31.4 Å². The van der Waals surface area contributed by atoms with Crippen molar-refractivity contribution < 1.29 is 17.9 Å². The minimum Gasteiger partial charge on any atom is -0.497 e. The molecule has 0 unspecified atom stereocenters. The fourth-order valence-corrected chi connectivity index (χ4v) is 3.26. The Balaban J connectivity index is 1.96. The van der Waals surface area contributed by atoms with E-state index in [1.807, 2.05) is 0 Å². The van der Waals surface area contributed by atoms with Gasteiger partial charge in [-0.2, -0.15) is 9.41 Å². The zero-order valence-electron chi connectivity index (χ0n) is 14.2. The van der Waals surface area contributed by atoms with Gasteiger partial charge in [-0.1, -0.05) is 23.7 Å². The highest BCUT2D eigenvalue weighted by atomic mass is 35.5. The van der Waals surface area contributed by atoms with E-state index >= 15 is 0 Å². The molecular formula is C17H18ClN3O4S. The first-order chi connectivity index (χ1) is 12.3. The molecule has 0 atom stereocenters. The lowest BCUT2D eigenvalue weighted by Gasteiger charge is -2.16. The van der Waals surface area contributed by atoms with Gasteiger partial charge in [-0.15, -0.1) is 0 Å². The van der Waals surface area contributed by atoms with Crippen LogP contribution >= 0.6 is 11.6 Å². The minimum atomic E-state index is -3.79. The SMILES string of the molecule is COc1cccc(/C=N\NC(=O)CN(C)S(=O)(=O)c2ccc(Cl)cc2)c1. The zero-order valence-corrected chi connectivity index (χ0v) is 15.8. The van der Waals surface area contributed by atoms with Gasteiger partial charge in [0.25, 0.3) is 5.91 Å². The molecule has 1 N–H and O–H groups in total. The average Bonchev–Trinajstić information content (AvgIpc) is 2.62. The van der Waals surface area contributed by atoms with Crippen LogP contribution in [-0.2, 0) is 14.8 Å². The number of hydrogen-bond donors (Lipinski definition) is 1. The Morgan fingerprint density at radius 2 is 1.96 bits per heavy atom. The number of halogens is 1. The molecule has 0 heterocycles. The van der Waals surface area contributed by atoms with Gasteiger partial charge >= 0.3 is 0 Å². The van der Waals surface area contributed by atoms with Gasteiger partial charge in [-0.05, 0) is 42.0 Å². The molecule has 0 saturated heterocycles. The number of benzene rings is 2. The van der Waals surface area contributed by atoms with Crippen molar-refractivity contribution in [1.82, 2.24) is 9.73 Å². The number of hydrazone groups is 1. The third kappa shape index (κ3) is 5.29. The third-order valence-corrected chi connectivity index (χ3v) is 5.45. The third-order valence-electron chi connectivity index (χ3n) is 3.38. The van der Waals surface area contributed by atoms with Crippen LogP contribution in [0, 0.1) is 0 Å². The Labute approximate surface area is 157 Å². The van der Waals surface area contributed by atoms with E-state index in [2.05, 4.69) is 10.5 Å². The van der Waals surface area contributed by atoms with Crippen LogP contribution in [0.3, 0.4) is 0 Å². The average molecular weight is 396 g/mol. The number of sulfonamides is 1. The molecule has 0 bridgehead atoms. The Morgan fingerprint density at radius 1 is 1.27 bits per heavy atom. The van der Waals surface area contributed by atoms with Crippen LogP contribution in [0.15, 0.2) is 58.5 Å². The standard InChI is InChI=1S/C17H18ClN3O4S/c1-21(26(23,24)16-8-6-14(18)7-9-16)12-17(22)20-19-11-13-4-3-5-15(10-13)25-2/h3-11H,12H2,1-2H3,(H,20,22)/b19-11-. The van der Waals surface area contributed by atoms with Crippen molar-refractivity contribution in [1.29, 1.82) is 0 Å². The summed E-state index contributed by atoms with van der Waals surface area (Å²) < 4.78 is 30.8. The van der Waals surface area contributed by atoms with Crippen molar-refractivity contribution in [3.8, 4) is 5.75 Å². The molecule has 0 fully saturated rings. The van der Waals surface area contributed by atoms with Gasteiger partial charge in [0, 0.05) is 12.1 Å². The zero-order chi connectivity index (χ0) is 19.2. The van der Waals surface area contributed by atoms with E-state index in [0.717, 1.165) is 9.87 Å². The van der Waals surface area contributed by atoms with Gasteiger partial charge in [0.15, 0.2) is 0 Å². The first-order valence-electron chi connectivity index (χ1n) is 7.51. The van der Waals surface area contributed by atoms with E-state index < -0.39 is 15.9 Å². The highest BCUT2D eigenvalue weighted by molar-refractivity contribution is 7.89. The lowest BCUT2D eigenvalue weighted by atomic mass is 10.2. The minimum absolute atomic E-state index is 0.0529. The van der Waals surface area contributed by atoms with Gasteiger partial charge in [0.05, 0.1) is 24.8 Å². The lowest BCUT2D eigenvalue weighted by molar-refractivity contribution is -0.121. The molecule has 0 aliphatic rings. The lowest BCUT2D eigenvalue weighted by Crippen LogP contribution is -2.36. The van der Waals surface area contributed by atoms with Crippen molar-refractivity contribution in [2.75, 3.05) is 20.7 Å². The highest BCUT2D eigenvalue weighted by Crippen LogP contribution is 2.17. The summed E-state index contributed by atoms with van der Waals surface area (Å²) in [6.07, 6.45) is 1.44. The molecule has 0 aliphatic heterocycles. The number of nitrogens with zero attached hydrogens (tertiary/aromatic N) is 2. The van der Waals surface area contributed by atoms with Crippen molar-refractivity contribution in [2.45, 2.75) is 4.90 Å². The number of nitrogens with one attached hydrogen (secondary N) is 1. The van der Waals surface area contributed by atoms with Crippen molar-refractivity contribution >= 4 is 33.7 Å². The maximum atomic E-state index is 12.4. The second-order valence-electron chi connectivity index (χ2n) is 5.28. The number of carbonyl (C=O) groups is 1. The van der Waals surface area contributed by atoms with Crippen molar-refractivity contribution in [3.05, 3.63) is 59.1 Å². The normalized spacial score (nSPS) is 11.7. The summed E-state index contributed by atoms with van der Waals surface area (Å²) in [4.78, 5) is 12.0. The maximum absolute atomic E-state index is 12.4. The Morgan fingerprint density at radius 3 is 2.62 bits per heavy atom. The number of ether oxygens (including phenoxy) is 1. The van der Waals surface area contributed by atoms with Gasteiger partial charge in [-0.25, -0.2) is 13.8 Å². The monoisotopic (exact) mass is 395 g/mol. The molecule has 2 rings (SSSR count). The Hall–Kier alpha value is -2.42. The van der Waals surface area contributed by atoms with Gasteiger partial charge in [-0.3, -0.25) is 4.79 Å². The van der Waals surface area contributed by atoms with E-state index in [4.69, 9.17) is 16.3 Å². The highest BCUT2D eigenvalue weighted by Gasteiger charge is 2.22. The van der Waals surface area contributed by atoms with Gasteiger partial charge in [0.2, 0.25) is 10.0 Å². The number of hydrogen-bond acceptors (Lipinski definition) is 5. The van der Waals surface area contributed by atoms with Crippen LogP contribution < -0.4 is 10.2 Å². The molecule has 138 valence electrons. The summed E-state index contributed by atoms with van der Waals surface area (Å²) in [6, 6.07) is 12.8. The molecule has 0 radical (unpaired) electrons. The number of likely N-dealkylation sites (N-methyl/N-ethyl adjacent to an activating group) is 1. The van der Waals surface area contributed by atoms with Crippen LogP contribution in [0.4, 0.5) is 0 Å². The number of methoxy groups -OCH3 is 1. The fourth-order valence-electron chi connectivity index (χ4n) is 2.01. The van der Waals surface area contributed by atoms with Gasteiger partial charge in [0.1, 0.15) is 5.75 Å². The summed E-state index contributed by atoms with van der Waals surface area (Å²) in [5.41, 5.74) is 3.02. The van der Waals surface area contributed by atoms with Crippen LogP contribution in [0.25, 0.3) is 0 Å². The predicted octanol–water partition coefficient (Wildman–Crippen LogP) is 2.12. The molecule has 1 amide bonds. The molecule has 0 spiro atoms. The largest absolute Gasteiger partial charge is 0.497 e. The summed E-state index contributed by atoms with van der Waals surface area (Å²) >= 11 is 5.76. The van der Waals surface area contributed by atoms with Gasteiger partial charge < -0.3 is 4.74 Å². The molecule has 0 aliphatic carbocycles. The molecule has 0 aromatic heterocycles. The molecular weight excluding hydrogens is 378 g/mol. The first-order valence-corrected chi connectivity index (χ1v) is 9.32. The summed E-state index contributed by atoms with van der Waals surface area (Å²) in [6.45, 7) is -0.375. The summed E-state index contributed by atoms with van der Waals surface area (Å²) in [5, 5.41) is 4.24. The van der Waals surface area contributed by atoms with Crippen LogP contribution in [0.1, 0.15) is 5.56 Å². The van der Waals surface area contributed by atoms with E-state index in [-0.39, 0.29) is 11.4 Å². The van der Waals surface area contributed by atoms with Crippen LogP contribution in [0.5, 0.6) is 5.75 Å². The number of rotatable bonds is 7. The fraction of sp³-hybridized carbons (Fsp3) is 0.176. The smallest absolute Gasteiger partial charge is 0.255 e. The first kappa shape index (κ1) is 19.9. The molecule has 0 saturated carbocycles. The van der Waals surface area contributed by atoms with Crippen LogP contribution in [0.2, 0.25) is 5.02 Å². The van der Waals surface area contributed by atoms with E-state index in [1.165, 1.54) is 37.5 Å². The van der Waals surface area contributed by atoms with Crippen molar-refractivity contribution in [2.24, 2.45) is 5.10 Å². The van der Waals surface area contributed by atoms with Crippen LogP contribution in [-0.4, -0.2) is 45.5 Å². The number of carbonyl (C=O) groups excluding carboxylic acids is 1. The second-order valence-corrected chi connectivity index (χ2v) is 7.77.